The number of hydrogen-bond acceptors (Lipinski definition) is 7. The predicted molar refractivity (Wildman–Crippen MR) is 57.1 cm³/mol. The van der Waals surface area contributed by atoms with Crippen molar-refractivity contribution in [3.05, 3.63) is 33.8 Å². The van der Waals surface area contributed by atoms with E-state index < -0.39 is 4.92 Å². The van der Waals surface area contributed by atoms with Gasteiger partial charge in [-0.2, -0.15) is 5.21 Å². The number of hydrogen-bond donors (Lipinski definition) is 2. The zero-order valence-electron chi connectivity index (χ0n) is 8.91. The quantitative estimate of drug-likeness (QED) is 0.581. The first-order chi connectivity index (χ1) is 8.16. The number of rotatable bonds is 4. The van der Waals surface area contributed by atoms with Gasteiger partial charge in [-0.1, -0.05) is 5.21 Å². The second-order valence-corrected chi connectivity index (χ2v) is 3.26. The Morgan fingerprint density at radius 2 is 2.35 bits per heavy atom. The van der Waals surface area contributed by atoms with Gasteiger partial charge >= 0.3 is 5.69 Å². The zero-order valence-corrected chi connectivity index (χ0v) is 8.91. The van der Waals surface area contributed by atoms with Crippen LogP contribution in [-0.2, 0) is 6.54 Å². The number of aryl methyl sites for hydroxylation is 1. The molecule has 0 radical (unpaired) electrons. The van der Waals surface area contributed by atoms with Crippen molar-refractivity contribution >= 4 is 11.5 Å². The summed E-state index contributed by atoms with van der Waals surface area (Å²) in [5.41, 5.74) is 0.602. The zero-order chi connectivity index (χ0) is 12.3. The van der Waals surface area contributed by atoms with Crippen LogP contribution in [0.5, 0.6) is 0 Å². The van der Waals surface area contributed by atoms with E-state index in [1.54, 1.807) is 13.0 Å². The van der Waals surface area contributed by atoms with Gasteiger partial charge in [0.1, 0.15) is 0 Å². The highest BCUT2D eigenvalue weighted by Crippen LogP contribution is 2.21. The van der Waals surface area contributed by atoms with Crippen LogP contribution in [0.4, 0.5) is 11.5 Å². The molecular weight excluding hydrogens is 226 g/mol. The van der Waals surface area contributed by atoms with Gasteiger partial charge in [0.15, 0.2) is 5.82 Å². The van der Waals surface area contributed by atoms with E-state index in [1.807, 2.05) is 0 Å². The van der Waals surface area contributed by atoms with Gasteiger partial charge in [-0.05, 0) is 13.0 Å². The fourth-order valence-electron chi connectivity index (χ4n) is 1.25. The van der Waals surface area contributed by atoms with Crippen molar-refractivity contribution in [2.24, 2.45) is 0 Å². The Hall–Kier alpha value is -2.58. The summed E-state index contributed by atoms with van der Waals surface area (Å²) in [7, 11) is 0. The van der Waals surface area contributed by atoms with E-state index in [0.29, 0.717) is 11.5 Å². The van der Waals surface area contributed by atoms with Crippen LogP contribution in [0.25, 0.3) is 0 Å². The summed E-state index contributed by atoms with van der Waals surface area (Å²) in [5.74, 6) is 0.599. The van der Waals surface area contributed by atoms with Crippen molar-refractivity contribution in [2.75, 3.05) is 5.32 Å². The largest absolute Gasteiger partial charge is 0.357 e. The van der Waals surface area contributed by atoms with Gasteiger partial charge in [-0.15, -0.1) is 10.2 Å². The summed E-state index contributed by atoms with van der Waals surface area (Å²) in [6, 6.07) is 2.98. The highest BCUT2D eigenvalue weighted by Gasteiger charge is 2.15. The third-order valence-electron chi connectivity index (χ3n) is 2.01. The van der Waals surface area contributed by atoms with Crippen LogP contribution in [0.2, 0.25) is 0 Å². The monoisotopic (exact) mass is 235 g/mol. The number of aromatic nitrogens is 5. The number of pyridine rings is 1. The minimum absolute atomic E-state index is 0.0842. The molecule has 0 atom stereocenters. The third kappa shape index (κ3) is 2.51. The number of anilines is 1. The lowest BCUT2D eigenvalue weighted by Gasteiger charge is -2.04. The summed E-state index contributed by atoms with van der Waals surface area (Å²) in [6.07, 6.45) is 0. The molecule has 0 saturated carbocycles. The predicted octanol–water partition coefficient (Wildman–Crippen LogP) is 0.423. The van der Waals surface area contributed by atoms with Gasteiger partial charge in [-0.25, -0.2) is 4.98 Å². The van der Waals surface area contributed by atoms with E-state index in [9.17, 15) is 10.1 Å². The summed E-state index contributed by atoms with van der Waals surface area (Å²) >= 11 is 0. The highest BCUT2D eigenvalue weighted by atomic mass is 16.6. The molecule has 2 aromatic heterocycles. The molecule has 9 nitrogen and oxygen atoms in total. The summed E-state index contributed by atoms with van der Waals surface area (Å²) < 4.78 is 0. The van der Waals surface area contributed by atoms with Crippen LogP contribution in [0.3, 0.4) is 0 Å². The highest BCUT2D eigenvalue weighted by molar-refractivity contribution is 5.55. The molecule has 2 heterocycles. The first kappa shape index (κ1) is 10.9. The van der Waals surface area contributed by atoms with E-state index in [1.165, 1.54) is 6.07 Å². The molecular formula is C8H9N7O2. The van der Waals surface area contributed by atoms with E-state index in [2.05, 4.69) is 30.9 Å². The van der Waals surface area contributed by atoms with Crippen LogP contribution >= 0.6 is 0 Å². The van der Waals surface area contributed by atoms with Gasteiger partial charge in [0, 0.05) is 11.8 Å². The molecule has 0 aliphatic rings. The average Bonchev–Trinajstić information content (AvgIpc) is 2.78. The second kappa shape index (κ2) is 4.51. The molecule has 0 aromatic carbocycles. The lowest BCUT2D eigenvalue weighted by atomic mass is 10.3. The summed E-state index contributed by atoms with van der Waals surface area (Å²) in [4.78, 5) is 14.3. The molecule has 0 fully saturated rings. The normalized spacial score (nSPS) is 10.2. The maximum Gasteiger partial charge on any atom is 0.311 e. The Kier molecular flexibility index (Phi) is 2.90. The molecule has 2 rings (SSSR count). The Labute approximate surface area is 95.4 Å². The molecule has 0 saturated heterocycles. The number of aromatic amines is 1. The molecule has 17 heavy (non-hydrogen) atoms. The van der Waals surface area contributed by atoms with Crippen molar-refractivity contribution in [3.63, 3.8) is 0 Å². The maximum atomic E-state index is 10.8. The van der Waals surface area contributed by atoms with Crippen molar-refractivity contribution in [2.45, 2.75) is 13.5 Å². The minimum atomic E-state index is -0.495. The summed E-state index contributed by atoms with van der Waals surface area (Å²) in [6.45, 7) is 1.97. The lowest BCUT2D eigenvalue weighted by Crippen LogP contribution is -2.06. The third-order valence-corrected chi connectivity index (χ3v) is 2.01. The van der Waals surface area contributed by atoms with Crippen LogP contribution in [0.1, 0.15) is 11.5 Å². The van der Waals surface area contributed by atoms with Crippen LogP contribution in [-0.4, -0.2) is 30.5 Å². The number of tetrazole rings is 1. The van der Waals surface area contributed by atoms with Crippen molar-refractivity contribution in [1.82, 2.24) is 25.6 Å². The van der Waals surface area contributed by atoms with Crippen LogP contribution in [0.15, 0.2) is 12.1 Å². The van der Waals surface area contributed by atoms with Gasteiger partial charge in [0.05, 0.1) is 11.5 Å². The molecule has 0 aliphatic heterocycles. The van der Waals surface area contributed by atoms with E-state index in [0.717, 1.165) is 0 Å². The summed E-state index contributed by atoms with van der Waals surface area (Å²) in [5, 5.41) is 26.7. The van der Waals surface area contributed by atoms with Crippen LogP contribution < -0.4 is 5.32 Å². The Morgan fingerprint density at radius 1 is 1.53 bits per heavy atom. The topological polar surface area (TPSA) is 123 Å². The van der Waals surface area contributed by atoms with Crippen molar-refractivity contribution in [1.29, 1.82) is 0 Å². The molecule has 2 aromatic rings. The Bertz CT molecular complexity index is 525. The average molecular weight is 235 g/mol. The maximum absolute atomic E-state index is 10.8. The molecule has 0 aliphatic carbocycles. The lowest BCUT2D eigenvalue weighted by molar-refractivity contribution is -0.384. The second-order valence-electron chi connectivity index (χ2n) is 3.26. The number of nitro groups is 1. The molecule has 0 spiro atoms. The molecule has 2 N–H and O–H groups in total. The first-order valence-electron chi connectivity index (χ1n) is 4.75. The number of H-pyrrole nitrogens is 1. The molecule has 0 unspecified atom stereocenters. The Morgan fingerprint density at radius 3 is 3.00 bits per heavy atom. The first-order valence-corrected chi connectivity index (χ1v) is 4.75. The minimum Gasteiger partial charge on any atom is -0.357 e. The fourth-order valence-corrected chi connectivity index (χ4v) is 1.25. The molecule has 88 valence electrons. The van der Waals surface area contributed by atoms with Gasteiger partial charge < -0.3 is 5.32 Å². The van der Waals surface area contributed by atoms with Crippen molar-refractivity contribution < 1.29 is 4.92 Å². The van der Waals surface area contributed by atoms with Gasteiger partial charge in [0.2, 0.25) is 5.82 Å². The molecule has 9 heteroatoms. The van der Waals surface area contributed by atoms with Crippen molar-refractivity contribution in [3.8, 4) is 0 Å². The van der Waals surface area contributed by atoms with E-state index >= 15 is 0 Å². The molecule has 0 amide bonds. The fraction of sp³-hybridized carbons (Fsp3) is 0.250. The Balaban J connectivity index is 2.19. The van der Waals surface area contributed by atoms with E-state index in [4.69, 9.17) is 0 Å². The number of nitrogens with zero attached hydrogens (tertiary/aromatic N) is 5. The van der Waals surface area contributed by atoms with Crippen LogP contribution in [0, 0.1) is 17.0 Å². The molecule has 0 bridgehead atoms. The van der Waals surface area contributed by atoms with Gasteiger partial charge in [-0.3, -0.25) is 10.1 Å². The standard InChI is InChI=1S/C8H9N7O2/c1-5-2-3-6(15(16)17)8(10-5)9-4-7-11-13-14-12-7/h2-3H,4H2,1H3,(H,9,10)(H,11,12,13,14). The SMILES string of the molecule is Cc1ccc([N+](=O)[O-])c(NCc2nn[nH]n2)n1. The number of nitrogens with one attached hydrogen (secondary N) is 2. The van der Waals surface area contributed by atoms with Gasteiger partial charge in [0.25, 0.3) is 0 Å². The smallest absolute Gasteiger partial charge is 0.311 e. The van der Waals surface area contributed by atoms with E-state index in [-0.39, 0.29) is 18.1 Å².